The van der Waals surface area contributed by atoms with Crippen LogP contribution >= 0.6 is 22.9 Å². The molecule has 0 aliphatic carbocycles. The van der Waals surface area contributed by atoms with E-state index in [0.717, 1.165) is 17.0 Å². The number of halogens is 2. The molecule has 0 radical (unpaired) electrons. The van der Waals surface area contributed by atoms with E-state index >= 15 is 0 Å². The third-order valence-electron chi connectivity index (χ3n) is 3.52. The number of rotatable bonds is 5. The molecule has 7 heteroatoms. The van der Waals surface area contributed by atoms with Crippen molar-refractivity contribution in [1.82, 2.24) is 4.98 Å². The molecule has 26 heavy (non-hydrogen) atoms. The van der Waals surface area contributed by atoms with E-state index in [1.807, 2.05) is 29.6 Å². The van der Waals surface area contributed by atoms with Crippen LogP contribution in [0.25, 0.3) is 16.8 Å². The molecule has 1 N–H and O–H groups in total. The zero-order valence-electron chi connectivity index (χ0n) is 13.7. The fraction of sp³-hybridized carbons (Fsp3) is 0.0526. The zero-order chi connectivity index (χ0) is 18.5. The number of thiazole rings is 1. The number of hydrogen-bond acceptors (Lipinski definition) is 5. The van der Waals surface area contributed by atoms with Gasteiger partial charge in [0.1, 0.15) is 28.2 Å². The second-order valence-electron chi connectivity index (χ2n) is 5.21. The Balaban J connectivity index is 1.83. The molecule has 3 aromatic rings. The first-order valence-corrected chi connectivity index (χ1v) is 8.78. The highest BCUT2D eigenvalue weighted by atomic mass is 35.5. The first kappa shape index (κ1) is 17.9. The van der Waals surface area contributed by atoms with Gasteiger partial charge < -0.3 is 10.1 Å². The van der Waals surface area contributed by atoms with Crippen LogP contribution in [0.1, 0.15) is 5.01 Å². The van der Waals surface area contributed by atoms with E-state index in [9.17, 15) is 9.65 Å². The molecule has 3 rings (SSSR count). The van der Waals surface area contributed by atoms with E-state index in [1.165, 1.54) is 35.7 Å². The summed E-state index contributed by atoms with van der Waals surface area (Å²) in [6.45, 7) is 0. The van der Waals surface area contributed by atoms with Crippen molar-refractivity contribution >= 4 is 34.2 Å². The minimum absolute atomic E-state index is 0.0106. The molecular weight excluding hydrogens is 373 g/mol. The maximum Gasteiger partial charge on any atom is 0.141 e. The highest BCUT2D eigenvalue weighted by molar-refractivity contribution is 7.11. The maximum atomic E-state index is 13.2. The largest absolute Gasteiger partial charge is 0.497 e. The van der Waals surface area contributed by atoms with E-state index in [1.54, 1.807) is 7.11 Å². The summed E-state index contributed by atoms with van der Waals surface area (Å²) in [6, 6.07) is 13.9. The van der Waals surface area contributed by atoms with E-state index in [-0.39, 0.29) is 5.02 Å². The average molecular weight is 386 g/mol. The molecule has 0 aliphatic rings. The van der Waals surface area contributed by atoms with E-state index in [0.29, 0.717) is 16.3 Å². The Hall–Kier alpha value is -2.88. The summed E-state index contributed by atoms with van der Waals surface area (Å²) in [5.74, 6) is 0.243. The number of benzene rings is 2. The number of nitrogens with one attached hydrogen (secondary N) is 1. The monoisotopic (exact) mass is 385 g/mol. The Morgan fingerprint density at radius 3 is 2.92 bits per heavy atom. The lowest BCUT2D eigenvalue weighted by molar-refractivity contribution is 0.415. The lowest BCUT2D eigenvalue weighted by atomic mass is 10.1. The quantitative estimate of drug-likeness (QED) is 0.582. The number of anilines is 1. The van der Waals surface area contributed by atoms with Crippen LogP contribution in [0.15, 0.2) is 54.0 Å². The highest BCUT2D eigenvalue weighted by Gasteiger charge is 2.10. The molecule has 1 heterocycles. The molecule has 4 nitrogen and oxygen atoms in total. The van der Waals surface area contributed by atoms with Gasteiger partial charge in [0.15, 0.2) is 0 Å². The summed E-state index contributed by atoms with van der Waals surface area (Å²) in [6.07, 6.45) is 1.53. The van der Waals surface area contributed by atoms with Crippen molar-refractivity contribution in [3.63, 3.8) is 0 Å². The van der Waals surface area contributed by atoms with Gasteiger partial charge in [-0.2, -0.15) is 5.26 Å². The zero-order valence-corrected chi connectivity index (χ0v) is 15.2. The Morgan fingerprint density at radius 1 is 1.35 bits per heavy atom. The van der Waals surface area contributed by atoms with Crippen LogP contribution in [0.5, 0.6) is 5.75 Å². The first-order chi connectivity index (χ1) is 12.6. The van der Waals surface area contributed by atoms with Crippen LogP contribution in [0, 0.1) is 17.1 Å². The summed E-state index contributed by atoms with van der Waals surface area (Å²) < 4.78 is 18.4. The predicted octanol–water partition coefficient (Wildman–Crippen LogP) is 5.59. The van der Waals surface area contributed by atoms with Crippen molar-refractivity contribution < 1.29 is 9.13 Å². The molecule has 0 bridgehead atoms. The van der Waals surface area contributed by atoms with Crippen LogP contribution in [0.4, 0.5) is 10.1 Å². The number of hydrogen-bond donors (Lipinski definition) is 1. The number of ether oxygens (including phenoxy) is 1. The Morgan fingerprint density at radius 2 is 2.19 bits per heavy atom. The minimum atomic E-state index is -0.496. The van der Waals surface area contributed by atoms with Crippen molar-refractivity contribution in [2.24, 2.45) is 0 Å². The molecule has 2 aromatic carbocycles. The third kappa shape index (κ3) is 4.02. The van der Waals surface area contributed by atoms with Gasteiger partial charge in [0.05, 0.1) is 17.8 Å². The Kier molecular flexibility index (Phi) is 5.52. The standard InChI is InChI=1S/C19H13ClFN3OS/c1-25-15-4-2-3-12(7-15)18-11-26-19(24-18)13(9-22)10-23-14-5-6-17(21)16(20)8-14/h2-8,10-11,23H,1H3/b13-10-. The number of nitrogens with zero attached hydrogens (tertiary/aromatic N) is 2. The van der Waals surface area contributed by atoms with Crippen molar-refractivity contribution in [3.05, 3.63) is 69.9 Å². The fourth-order valence-electron chi connectivity index (χ4n) is 2.20. The van der Waals surface area contributed by atoms with Gasteiger partial charge in [-0.1, -0.05) is 23.7 Å². The van der Waals surface area contributed by atoms with Crippen molar-refractivity contribution in [3.8, 4) is 23.1 Å². The van der Waals surface area contributed by atoms with Crippen LogP contribution in [-0.2, 0) is 0 Å². The van der Waals surface area contributed by atoms with E-state index in [2.05, 4.69) is 16.4 Å². The summed E-state index contributed by atoms with van der Waals surface area (Å²) in [5.41, 5.74) is 2.61. The normalized spacial score (nSPS) is 11.1. The molecule has 0 saturated heterocycles. The maximum absolute atomic E-state index is 13.2. The van der Waals surface area contributed by atoms with Crippen LogP contribution in [0.3, 0.4) is 0 Å². The van der Waals surface area contributed by atoms with Gasteiger partial charge >= 0.3 is 0 Å². The lowest BCUT2D eigenvalue weighted by Gasteiger charge is -2.03. The molecule has 0 fully saturated rings. The predicted molar refractivity (Wildman–Crippen MR) is 103 cm³/mol. The number of methoxy groups -OCH3 is 1. The highest BCUT2D eigenvalue weighted by Crippen LogP contribution is 2.28. The number of aromatic nitrogens is 1. The fourth-order valence-corrected chi connectivity index (χ4v) is 3.17. The Bertz CT molecular complexity index is 1010. The average Bonchev–Trinajstić information content (AvgIpc) is 3.15. The number of nitriles is 1. The van der Waals surface area contributed by atoms with Crippen LogP contribution in [-0.4, -0.2) is 12.1 Å². The number of allylic oxidation sites excluding steroid dienone is 1. The third-order valence-corrected chi connectivity index (χ3v) is 4.69. The first-order valence-electron chi connectivity index (χ1n) is 7.53. The molecule has 130 valence electrons. The van der Waals surface area contributed by atoms with Crippen molar-refractivity contribution in [2.45, 2.75) is 0 Å². The topological polar surface area (TPSA) is 57.9 Å². The van der Waals surface area contributed by atoms with Gasteiger partial charge in [-0.25, -0.2) is 9.37 Å². The molecule has 0 atom stereocenters. The Labute approximate surface area is 159 Å². The van der Waals surface area contributed by atoms with Gasteiger partial charge in [-0.05, 0) is 30.3 Å². The molecule has 1 aromatic heterocycles. The van der Waals surface area contributed by atoms with Gasteiger partial charge in [-0.3, -0.25) is 0 Å². The van der Waals surface area contributed by atoms with Gasteiger partial charge in [0, 0.05) is 22.8 Å². The summed E-state index contributed by atoms with van der Waals surface area (Å²) in [4.78, 5) is 4.52. The SMILES string of the molecule is COc1cccc(-c2csc(/C(C#N)=C\Nc3ccc(F)c(Cl)c3)n2)c1. The molecule has 0 aliphatic heterocycles. The summed E-state index contributed by atoms with van der Waals surface area (Å²) in [5, 5.41) is 14.8. The van der Waals surface area contributed by atoms with Gasteiger partial charge in [-0.15, -0.1) is 11.3 Å². The molecule has 0 spiro atoms. The second kappa shape index (κ2) is 8.00. The summed E-state index contributed by atoms with van der Waals surface area (Å²) >= 11 is 7.12. The molecule has 0 saturated carbocycles. The van der Waals surface area contributed by atoms with Crippen molar-refractivity contribution in [2.75, 3.05) is 12.4 Å². The smallest absolute Gasteiger partial charge is 0.141 e. The van der Waals surface area contributed by atoms with Crippen LogP contribution in [0.2, 0.25) is 5.02 Å². The molecule has 0 unspecified atom stereocenters. The minimum Gasteiger partial charge on any atom is -0.497 e. The van der Waals surface area contributed by atoms with E-state index < -0.39 is 5.82 Å². The molecule has 0 amide bonds. The van der Waals surface area contributed by atoms with Crippen LogP contribution < -0.4 is 10.1 Å². The second-order valence-corrected chi connectivity index (χ2v) is 6.48. The van der Waals surface area contributed by atoms with Gasteiger partial charge in [0.25, 0.3) is 0 Å². The lowest BCUT2D eigenvalue weighted by Crippen LogP contribution is -1.92. The van der Waals surface area contributed by atoms with Gasteiger partial charge in [0.2, 0.25) is 0 Å². The summed E-state index contributed by atoms with van der Waals surface area (Å²) in [7, 11) is 1.61. The van der Waals surface area contributed by atoms with E-state index in [4.69, 9.17) is 16.3 Å². The van der Waals surface area contributed by atoms with Crippen molar-refractivity contribution in [1.29, 1.82) is 5.26 Å². The molecular formula is C19H13ClFN3OS.